The predicted octanol–water partition coefficient (Wildman–Crippen LogP) is 4.68. The van der Waals surface area contributed by atoms with Gasteiger partial charge in [0.1, 0.15) is 0 Å². The van der Waals surface area contributed by atoms with E-state index in [1.807, 2.05) is 37.3 Å². The zero-order chi connectivity index (χ0) is 18.8. The van der Waals surface area contributed by atoms with E-state index in [1.165, 1.54) is 0 Å². The van der Waals surface area contributed by atoms with Crippen LogP contribution in [0.2, 0.25) is 5.02 Å². The third-order valence-corrected chi connectivity index (χ3v) is 5.29. The molecule has 134 valence electrons. The molecule has 1 aliphatic heterocycles. The van der Waals surface area contributed by atoms with E-state index in [1.54, 1.807) is 19.1 Å². The molecule has 0 spiro atoms. The smallest absolute Gasteiger partial charge is 0.319 e. The lowest BCUT2D eigenvalue weighted by Gasteiger charge is -2.29. The van der Waals surface area contributed by atoms with E-state index in [0.29, 0.717) is 22.0 Å². The lowest BCUT2D eigenvalue weighted by molar-refractivity contribution is -0.113. The van der Waals surface area contributed by atoms with Gasteiger partial charge in [-0.2, -0.15) is 0 Å². The second-order valence-electron chi connectivity index (χ2n) is 6.01. The van der Waals surface area contributed by atoms with E-state index in [2.05, 4.69) is 31.9 Å². The van der Waals surface area contributed by atoms with Gasteiger partial charge in [-0.1, -0.05) is 51.8 Å². The van der Waals surface area contributed by atoms with E-state index in [0.717, 1.165) is 15.6 Å². The predicted molar refractivity (Wildman–Crippen MR) is 106 cm³/mol. The molecule has 0 fully saturated rings. The van der Waals surface area contributed by atoms with Crippen molar-refractivity contribution in [1.29, 1.82) is 0 Å². The second-order valence-corrected chi connectivity index (χ2v) is 7.27. The Bertz CT molecular complexity index is 927. The highest BCUT2D eigenvalue weighted by Crippen LogP contribution is 2.32. The minimum Gasteiger partial charge on any atom is -0.327 e. The molecule has 0 unspecified atom stereocenters. The standard InChI is InChI=1S/C19H17BrClN3O2/c1-10-7-8-12(9-15(10)21)23-18(25)16-11(2)22-19(26)24-17(16)13-5-3-4-6-14(13)20/h3-9,17H,1-2H3,(H,23,25)(H2,22,24,26)/t17-/m0/s1. The number of carbonyl (C=O) groups is 2. The first-order valence-corrected chi connectivity index (χ1v) is 9.14. The zero-order valence-corrected chi connectivity index (χ0v) is 16.5. The zero-order valence-electron chi connectivity index (χ0n) is 14.2. The number of allylic oxidation sites excluding steroid dienone is 1. The van der Waals surface area contributed by atoms with Gasteiger partial charge in [0, 0.05) is 20.9 Å². The molecule has 0 aliphatic carbocycles. The number of carbonyl (C=O) groups excluding carboxylic acids is 2. The minimum absolute atomic E-state index is 0.310. The van der Waals surface area contributed by atoms with Crippen molar-refractivity contribution in [2.75, 3.05) is 5.32 Å². The lowest BCUT2D eigenvalue weighted by atomic mass is 9.95. The maximum Gasteiger partial charge on any atom is 0.319 e. The summed E-state index contributed by atoms with van der Waals surface area (Å²) in [5.74, 6) is -0.310. The van der Waals surface area contributed by atoms with E-state index < -0.39 is 6.04 Å². The van der Waals surface area contributed by atoms with Crippen molar-refractivity contribution >= 4 is 45.2 Å². The van der Waals surface area contributed by atoms with Gasteiger partial charge in [-0.25, -0.2) is 4.79 Å². The Labute approximate surface area is 164 Å². The molecule has 3 N–H and O–H groups in total. The molecule has 0 radical (unpaired) electrons. The monoisotopic (exact) mass is 433 g/mol. The summed E-state index contributed by atoms with van der Waals surface area (Å²) in [5, 5.41) is 8.91. The van der Waals surface area contributed by atoms with Crippen LogP contribution in [0, 0.1) is 6.92 Å². The number of aryl methyl sites for hydroxylation is 1. The van der Waals surface area contributed by atoms with E-state index in [9.17, 15) is 9.59 Å². The number of halogens is 2. The van der Waals surface area contributed by atoms with Gasteiger partial charge in [0.2, 0.25) is 0 Å². The van der Waals surface area contributed by atoms with Crippen molar-refractivity contribution in [2.24, 2.45) is 0 Å². The molecule has 3 amide bonds. The molecule has 0 aromatic heterocycles. The third kappa shape index (κ3) is 3.76. The fourth-order valence-electron chi connectivity index (χ4n) is 2.81. The summed E-state index contributed by atoms with van der Waals surface area (Å²) < 4.78 is 0.809. The molecule has 1 atom stereocenters. The van der Waals surface area contributed by atoms with Crippen LogP contribution >= 0.6 is 27.5 Å². The van der Waals surface area contributed by atoms with Crippen LogP contribution in [0.3, 0.4) is 0 Å². The molecule has 2 aromatic carbocycles. The summed E-state index contributed by atoms with van der Waals surface area (Å²) in [7, 11) is 0. The molecule has 0 saturated heterocycles. The van der Waals surface area contributed by atoms with Gasteiger partial charge >= 0.3 is 6.03 Å². The summed E-state index contributed by atoms with van der Waals surface area (Å²) in [6.45, 7) is 3.60. The van der Waals surface area contributed by atoms with Gasteiger partial charge in [0.25, 0.3) is 5.91 Å². The number of rotatable bonds is 3. The Kier molecular flexibility index (Phi) is 5.34. The molecule has 1 aliphatic rings. The molecule has 5 nitrogen and oxygen atoms in total. The summed E-state index contributed by atoms with van der Waals surface area (Å²) in [5.41, 5.74) is 3.26. The first-order chi connectivity index (χ1) is 12.4. The molecule has 0 bridgehead atoms. The number of hydrogen-bond acceptors (Lipinski definition) is 2. The first kappa shape index (κ1) is 18.5. The Hall–Kier alpha value is -2.31. The fraction of sp³-hybridized carbons (Fsp3) is 0.158. The molecule has 1 heterocycles. The van der Waals surface area contributed by atoms with Gasteiger partial charge in [-0.3, -0.25) is 4.79 Å². The molecule has 0 saturated carbocycles. The lowest BCUT2D eigenvalue weighted by Crippen LogP contribution is -2.46. The van der Waals surface area contributed by atoms with E-state index in [-0.39, 0.29) is 11.9 Å². The quantitative estimate of drug-likeness (QED) is 0.656. The van der Waals surface area contributed by atoms with Crippen LogP contribution in [-0.4, -0.2) is 11.9 Å². The van der Waals surface area contributed by atoms with Crippen LogP contribution in [0.4, 0.5) is 10.5 Å². The number of anilines is 1. The van der Waals surface area contributed by atoms with E-state index >= 15 is 0 Å². The van der Waals surface area contributed by atoms with Crippen LogP contribution in [-0.2, 0) is 4.79 Å². The number of urea groups is 1. The van der Waals surface area contributed by atoms with Crippen molar-refractivity contribution in [3.05, 3.63) is 74.4 Å². The highest BCUT2D eigenvalue weighted by molar-refractivity contribution is 9.10. The van der Waals surface area contributed by atoms with Crippen molar-refractivity contribution in [3.8, 4) is 0 Å². The second kappa shape index (κ2) is 7.51. The molecule has 26 heavy (non-hydrogen) atoms. The average molecular weight is 435 g/mol. The summed E-state index contributed by atoms with van der Waals surface area (Å²) >= 11 is 9.63. The topological polar surface area (TPSA) is 70.2 Å². The third-order valence-electron chi connectivity index (χ3n) is 4.16. The summed E-state index contributed by atoms with van der Waals surface area (Å²) in [4.78, 5) is 24.9. The molecular weight excluding hydrogens is 418 g/mol. The van der Waals surface area contributed by atoms with E-state index in [4.69, 9.17) is 11.6 Å². The molecule has 3 rings (SSSR count). The van der Waals surface area contributed by atoms with Gasteiger partial charge in [-0.05, 0) is 43.2 Å². The number of amides is 3. The number of benzene rings is 2. The molecule has 2 aromatic rings. The molecule has 7 heteroatoms. The van der Waals surface area contributed by atoms with Gasteiger partial charge in [0.05, 0.1) is 11.6 Å². The first-order valence-electron chi connectivity index (χ1n) is 7.97. The normalized spacial score (nSPS) is 16.8. The van der Waals surface area contributed by atoms with Crippen molar-refractivity contribution in [3.63, 3.8) is 0 Å². The van der Waals surface area contributed by atoms with Crippen LogP contribution in [0.15, 0.2) is 58.2 Å². The van der Waals surface area contributed by atoms with Crippen LogP contribution in [0.25, 0.3) is 0 Å². The highest BCUT2D eigenvalue weighted by Gasteiger charge is 2.32. The van der Waals surface area contributed by atoms with Gasteiger partial charge in [-0.15, -0.1) is 0 Å². The fourth-order valence-corrected chi connectivity index (χ4v) is 3.50. The minimum atomic E-state index is -0.569. The van der Waals surface area contributed by atoms with Gasteiger partial charge in [0.15, 0.2) is 0 Å². The van der Waals surface area contributed by atoms with Crippen molar-refractivity contribution < 1.29 is 9.59 Å². The van der Waals surface area contributed by atoms with Crippen molar-refractivity contribution in [1.82, 2.24) is 10.6 Å². The maximum absolute atomic E-state index is 13.0. The highest BCUT2D eigenvalue weighted by atomic mass is 79.9. The van der Waals surface area contributed by atoms with Crippen LogP contribution in [0.5, 0.6) is 0 Å². The largest absolute Gasteiger partial charge is 0.327 e. The number of hydrogen-bond donors (Lipinski definition) is 3. The van der Waals surface area contributed by atoms with Gasteiger partial charge < -0.3 is 16.0 Å². The number of nitrogens with one attached hydrogen (secondary N) is 3. The van der Waals surface area contributed by atoms with Crippen LogP contribution < -0.4 is 16.0 Å². The average Bonchev–Trinajstić information content (AvgIpc) is 2.57. The summed E-state index contributed by atoms with van der Waals surface area (Å²) in [6.07, 6.45) is 0. The maximum atomic E-state index is 13.0. The molecular formula is C19H17BrClN3O2. The Morgan fingerprint density at radius 3 is 2.62 bits per heavy atom. The summed E-state index contributed by atoms with van der Waals surface area (Å²) in [6, 6.07) is 11.9. The SMILES string of the molecule is CC1=C(C(=O)Nc2ccc(C)c(Cl)c2)[C@H](c2ccccc2Br)NC(=O)N1. The van der Waals surface area contributed by atoms with Crippen molar-refractivity contribution in [2.45, 2.75) is 19.9 Å². The van der Waals surface area contributed by atoms with Crippen LogP contribution in [0.1, 0.15) is 24.1 Å². The Morgan fingerprint density at radius 2 is 1.92 bits per heavy atom. The Morgan fingerprint density at radius 1 is 1.19 bits per heavy atom. The Balaban J connectivity index is 1.97.